The number of nitrogens with one attached hydrogen (secondary N) is 2. The maximum Gasteiger partial charge on any atom is 0.201 e. The third-order valence-electron chi connectivity index (χ3n) is 3.33. The number of anilines is 1. The fourth-order valence-corrected chi connectivity index (χ4v) is 2.33. The second-order valence-corrected chi connectivity index (χ2v) is 5.02. The summed E-state index contributed by atoms with van der Waals surface area (Å²) in [5.74, 6) is 0.508. The van der Waals surface area contributed by atoms with Gasteiger partial charge >= 0.3 is 0 Å². The zero-order valence-electron chi connectivity index (χ0n) is 11.7. The summed E-state index contributed by atoms with van der Waals surface area (Å²) in [5, 5.41) is 3.43. The van der Waals surface area contributed by atoms with Crippen LogP contribution in [0.3, 0.4) is 0 Å². The summed E-state index contributed by atoms with van der Waals surface area (Å²) < 4.78 is 13.1. The van der Waals surface area contributed by atoms with Crippen molar-refractivity contribution in [2.75, 3.05) is 5.32 Å². The van der Waals surface area contributed by atoms with Gasteiger partial charge in [0.15, 0.2) is 0 Å². The minimum atomic E-state index is -0.237. The van der Waals surface area contributed by atoms with Crippen molar-refractivity contribution in [1.82, 2.24) is 9.97 Å². The Kier molecular flexibility index (Phi) is 4.77. The molecule has 2 rings (SSSR count). The van der Waals surface area contributed by atoms with Gasteiger partial charge in [0.2, 0.25) is 5.95 Å². The number of H-pyrrole nitrogens is 1. The van der Waals surface area contributed by atoms with Crippen LogP contribution in [0, 0.1) is 5.82 Å². The van der Waals surface area contributed by atoms with Gasteiger partial charge in [-0.15, -0.1) is 0 Å². The molecule has 1 aromatic heterocycles. The van der Waals surface area contributed by atoms with Crippen molar-refractivity contribution in [2.45, 2.75) is 52.0 Å². The first kappa shape index (κ1) is 13.8. The fourth-order valence-electron chi connectivity index (χ4n) is 2.33. The Morgan fingerprint density at radius 2 is 2.11 bits per heavy atom. The number of benzene rings is 1. The molecule has 0 saturated carbocycles. The van der Waals surface area contributed by atoms with Crippen molar-refractivity contribution in [3.63, 3.8) is 0 Å². The fraction of sp³-hybridized carbons (Fsp3) is 0.533. The Labute approximate surface area is 113 Å². The Morgan fingerprint density at radius 3 is 2.84 bits per heavy atom. The standard InChI is InChI=1S/C15H22FN3/c1-3-5-7-12(6-4-2)17-15-18-13-9-8-11(16)10-14(13)19-15/h8-10,12H,3-7H2,1-2H3,(H2,17,18,19). The lowest BCUT2D eigenvalue weighted by Crippen LogP contribution is -2.19. The molecule has 1 aromatic carbocycles. The quantitative estimate of drug-likeness (QED) is 0.773. The number of nitrogens with zero attached hydrogens (tertiary/aromatic N) is 1. The highest BCUT2D eigenvalue weighted by molar-refractivity contribution is 5.77. The van der Waals surface area contributed by atoms with Crippen LogP contribution < -0.4 is 5.32 Å². The molecule has 2 aromatic rings. The van der Waals surface area contributed by atoms with Crippen molar-refractivity contribution < 1.29 is 4.39 Å². The first-order valence-electron chi connectivity index (χ1n) is 7.14. The van der Waals surface area contributed by atoms with Crippen molar-refractivity contribution in [1.29, 1.82) is 0 Å². The first-order chi connectivity index (χ1) is 9.22. The Morgan fingerprint density at radius 1 is 1.26 bits per heavy atom. The highest BCUT2D eigenvalue weighted by Crippen LogP contribution is 2.18. The molecule has 4 heteroatoms. The van der Waals surface area contributed by atoms with Gasteiger partial charge < -0.3 is 10.3 Å². The minimum Gasteiger partial charge on any atom is -0.353 e. The lowest BCUT2D eigenvalue weighted by atomic mass is 10.1. The van der Waals surface area contributed by atoms with Crippen LogP contribution in [0.4, 0.5) is 10.3 Å². The van der Waals surface area contributed by atoms with E-state index in [0.29, 0.717) is 6.04 Å². The van der Waals surface area contributed by atoms with Crippen LogP contribution in [0.25, 0.3) is 11.0 Å². The number of rotatable bonds is 7. The summed E-state index contributed by atoms with van der Waals surface area (Å²) >= 11 is 0. The van der Waals surface area contributed by atoms with Gasteiger partial charge in [-0.25, -0.2) is 9.37 Å². The van der Waals surface area contributed by atoms with Crippen molar-refractivity contribution in [3.05, 3.63) is 24.0 Å². The van der Waals surface area contributed by atoms with Crippen LogP contribution in [0.15, 0.2) is 18.2 Å². The highest BCUT2D eigenvalue weighted by atomic mass is 19.1. The SMILES string of the molecule is CCCCC(CCC)Nc1nc2ccc(F)cc2[nH]1. The number of hydrogen-bond acceptors (Lipinski definition) is 2. The predicted molar refractivity (Wildman–Crippen MR) is 77.9 cm³/mol. The molecule has 19 heavy (non-hydrogen) atoms. The molecular formula is C15H22FN3. The molecule has 0 fully saturated rings. The largest absolute Gasteiger partial charge is 0.353 e. The molecule has 0 aliphatic rings. The molecule has 0 bridgehead atoms. The summed E-state index contributed by atoms with van der Waals surface area (Å²) in [6.07, 6.45) is 5.84. The summed E-state index contributed by atoms with van der Waals surface area (Å²) in [5.41, 5.74) is 1.54. The third kappa shape index (κ3) is 3.69. The number of hydrogen-bond donors (Lipinski definition) is 2. The molecule has 2 N–H and O–H groups in total. The average Bonchev–Trinajstić information content (AvgIpc) is 2.77. The van der Waals surface area contributed by atoms with Gasteiger partial charge in [-0.3, -0.25) is 0 Å². The number of unbranched alkanes of at least 4 members (excludes halogenated alkanes) is 1. The van der Waals surface area contributed by atoms with Crippen LogP contribution in [-0.4, -0.2) is 16.0 Å². The van der Waals surface area contributed by atoms with E-state index in [0.717, 1.165) is 36.2 Å². The van der Waals surface area contributed by atoms with E-state index in [1.54, 1.807) is 6.07 Å². The van der Waals surface area contributed by atoms with E-state index < -0.39 is 0 Å². The van der Waals surface area contributed by atoms with Gasteiger partial charge in [0.1, 0.15) is 5.82 Å². The first-order valence-corrected chi connectivity index (χ1v) is 7.14. The molecule has 0 spiro atoms. The molecule has 1 atom stereocenters. The normalized spacial score (nSPS) is 12.8. The van der Waals surface area contributed by atoms with Crippen molar-refractivity contribution >= 4 is 17.0 Å². The van der Waals surface area contributed by atoms with Gasteiger partial charge in [0, 0.05) is 6.04 Å². The molecule has 0 saturated heterocycles. The molecule has 1 heterocycles. The molecular weight excluding hydrogens is 241 g/mol. The monoisotopic (exact) mass is 263 g/mol. The van der Waals surface area contributed by atoms with Crippen LogP contribution in [0.5, 0.6) is 0 Å². The molecule has 0 aliphatic carbocycles. The zero-order valence-corrected chi connectivity index (χ0v) is 11.7. The van der Waals surface area contributed by atoms with Gasteiger partial charge in [-0.1, -0.05) is 33.1 Å². The van der Waals surface area contributed by atoms with Gasteiger partial charge in [0.25, 0.3) is 0 Å². The second kappa shape index (κ2) is 6.55. The molecule has 104 valence electrons. The van der Waals surface area contributed by atoms with E-state index in [9.17, 15) is 4.39 Å². The highest BCUT2D eigenvalue weighted by Gasteiger charge is 2.10. The van der Waals surface area contributed by atoms with Crippen molar-refractivity contribution in [2.24, 2.45) is 0 Å². The number of imidazole rings is 1. The molecule has 0 amide bonds. The molecule has 0 radical (unpaired) electrons. The molecule has 1 unspecified atom stereocenters. The van der Waals surface area contributed by atoms with Crippen LogP contribution in [0.2, 0.25) is 0 Å². The van der Waals surface area contributed by atoms with E-state index in [2.05, 4.69) is 29.1 Å². The van der Waals surface area contributed by atoms with Crippen molar-refractivity contribution in [3.8, 4) is 0 Å². The van der Waals surface area contributed by atoms with Gasteiger partial charge in [0.05, 0.1) is 11.0 Å². The number of aromatic amines is 1. The number of fused-ring (bicyclic) bond motifs is 1. The predicted octanol–water partition coefficient (Wildman–Crippen LogP) is 4.47. The number of halogens is 1. The van der Waals surface area contributed by atoms with E-state index in [1.165, 1.54) is 25.0 Å². The maximum atomic E-state index is 13.1. The van der Waals surface area contributed by atoms with Gasteiger partial charge in [-0.2, -0.15) is 0 Å². The smallest absolute Gasteiger partial charge is 0.201 e. The van der Waals surface area contributed by atoms with Crippen LogP contribution in [-0.2, 0) is 0 Å². The topological polar surface area (TPSA) is 40.7 Å². The second-order valence-electron chi connectivity index (χ2n) is 5.02. The summed E-state index contributed by atoms with van der Waals surface area (Å²) in [7, 11) is 0. The van der Waals surface area contributed by atoms with Crippen LogP contribution >= 0.6 is 0 Å². The average molecular weight is 263 g/mol. The Balaban J connectivity index is 2.09. The van der Waals surface area contributed by atoms with E-state index in [1.807, 2.05) is 0 Å². The van der Waals surface area contributed by atoms with Crippen LogP contribution in [0.1, 0.15) is 46.0 Å². The third-order valence-corrected chi connectivity index (χ3v) is 3.33. The zero-order chi connectivity index (χ0) is 13.7. The van der Waals surface area contributed by atoms with E-state index in [4.69, 9.17) is 0 Å². The van der Waals surface area contributed by atoms with E-state index in [-0.39, 0.29) is 5.82 Å². The van der Waals surface area contributed by atoms with E-state index >= 15 is 0 Å². The summed E-state index contributed by atoms with van der Waals surface area (Å²) in [6.45, 7) is 4.39. The Bertz CT molecular complexity index is 521. The summed E-state index contributed by atoms with van der Waals surface area (Å²) in [4.78, 5) is 7.59. The Hall–Kier alpha value is -1.58. The lowest BCUT2D eigenvalue weighted by molar-refractivity contribution is 0.562. The summed E-state index contributed by atoms with van der Waals surface area (Å²) in [6, 6.07) is 5.06. The number of aromatic nitrogens is 2. The lowest BCUT2D eigenvalue weighted by Gasteiger charge is -2.16. The van der Waals surface area contributed by atoms with Gasteiger partial charge in [-0.05, 0) is 31.0 Å². The molecule has 0 aliphatic heterocycles. The molecule has 3 nitrogen and oxygen atoms in total. The minimum absolute atomic E-state index is 0.237. The maximum absolute atomic E-state index is 13.1.